The van der Waals surface area contributed by atoms with Crippen LogP contribution in [0.5, 0.6) is 0 Å². The van der Waals surface area contributed by atoms with Gasteiger partial charge in [0.25, 0.3) is 0 Å². The van der Waals surface area contributed by atoms with Crippen molar-refractivity contribution in [2.45, 2.75) is 39.7 Å². The number of carbonyl (C=O) groups is 2. The van der Waals surface area contributed by atoms with Gasteiger partial charge in [-0.25, -0.2) is 0 Å². The molecule has 1 atom stereocenters. The van der Waals surface area contributed by atoms with Crippen LogP contribution in [0.1, 0.15) is 34.1 Å². The lowest BCUT2D eigenvalue weighted by atomic mass is 10.1. The Morgan fingerprint density at radius 3 is 2.33 bits per heavy atom. The number of rotatable bonds is 3. The summed E-state index contributed by atoms with van der Waals surface area (Å²) in [6.45, 7) is 7.47. The molecule has 0 aromatic carbocycles. The van der Waals surface area contributed by atoms with Gasteiger partial charge in [-0.1, -0.05) is 6.92 Å². The molecule has 0 spiro atoms. The zero-order chi connectivity index (χ0) is 9.78. The summed E-state index contributed by atoms with van der Waals surface area (Å²) in [5, 5.41) is 2.79. The Labute approximate surface area is 73.5 Å². The van der Waals surface area contributed by atoms with Gasteiger partial charge in [-0.05, 0) is 20.8 Å². The van der Waals surface area contributed by atoms with Gasteiger partial charge < -0.3 is 10.1 Å². The molecule has 70 valence electrons. The van der Waals surface area contributed by atoms with Crippen LogP contribution in [0.3, 0.4) is 0 Å². The minimum Gasteiger partial charge on any atom is -0.351 e. The average Bonchev–Trinajstić information content (AvgIpc) is 1.82. The maximum absolute atomic E-state index is 11.2. The second-order valence-corrected chi connectivity index (χ2v) is 4.12. The fourth-order valence-electron chi connectivity index (χ4n) is 0.810. The molecule has 1 amide bonds. The van der Waals surface area contributed by atoms with Crippen LogP contribution in [0.25, 0.3) is 0 Å². The van der Waals surface area contributed by atoms with Gasteiger partial charge in [-0.3, -0.25) is 4.79 Å². The summed E-state index contributed by atoms with van der Waals surface area (Å²) in [7, 11) is 0. The monoisotopic (exact) mass is 171 g/mol. The summed E-state index contributed by atoms with van der Waals surface area (Å²) >= 11 is 0. The second-order valence-electron chi connectivity index (χ2n) is 4.12. The van der Waals surface area contributed by atoms with E-state index in [-0.39, 0.29) is 23.8 Å². The van der Waals surface area contributed by atoms with E-state index in [2.05, 4.69) is 5.32 Å². The minimum absolute atomic E-state index is 0.0675. The van der Waals surface area contributed by atoms with Gasteiger partial charge in [-0.2, -0.15) is 0 Å². The van der Waals surface area contributed by atoms with Gasteiger partial charge in [0, 0.05) is 17.9 Å². The summed E-state index contributed by atoms with van der Waals surface area (Å²) in [5.41, 5.74) is -0.209. The molecule has 3 nitrogen and oxygen atoms in total. The van der Waals surface area contributed by atoms with E-state index in [4.69, 9.17) is 0 Å². The van der Waals surface area contributed by atoms with Crippen molar-refractivity contribution in [3.8, 4) is 0 Å². The molecule has 0 saturated heterocycles. The molecule has 0 rings (SSSR count). The third-order valence-electron chi connectivity index (χ3n) is 1.25. The summed E-state index contributed by atoms with van der Waals surface area (Å²) in [6.07, 6.45) is 1.07. The van der Waals surface area contributed by atoms with Crippen molar-refractivity contribution >= 4 is 12.2 Å². The fraction of sp³-hybridized carbons (Fsp3) is 0.778. The third kappa shape index (κ3) is 5.89. The van der Waals surface area contributed by atoms with Crippen LogP contribution in [0.15, 0.2) is 0 Å². The Balaban J connectivity index is 3.82. The van der Waals surface area contributed by atoms with E-state index < -0.39 is 0 Å². The highest BCUT2D eigenvalue weighted by molar-refractivity contribution is 5.79. The third-order valence-corrected chi connectivity index (χ3v) is 1.25. The van der Waals surface area contributed by atoms with Crippen molar-refractivity contribution in [2.24, 2.45) is 5.92 Å². The van der Waals surface area contributed by atoms with E-state index >= 15 is 0 Å². The maximum atomic E-state index is 11.2. The van der Waals surface area contributed by atoms with E-state index in [1.54, 1.807) is 6.92 Å². The summed E-state index contributed by atoms with van der Waals surface area (Å²) in [5.74, 6) is -0.255. The highest BCUT2D eigenvalue weighted by Crippen LogP contribution is 2.02. The molecule has 0 aliphatic rings. The molecule has 3 heteroatoms. The van der Waals surface area contributed by atoms with E-state index in [0.717, 1.165) is 6.29 Å². The summed E-state index contributed by atoms with van der Waals surface area (Å²) in [6, 6.07) is 0. The van der Waals surface area contributed by atoms with Crippen molar-refractivity contribution in [3.63, 3.8) is 0 Å². The van der Waals surface area contributed by atoms with Crippen molar-refractivity contribution < 1.29 is 9.59 Å². The number of amides is 1. The first kappa shape index (κ1) is 11.1. The first-order valence-electron chi connectivity index (χ1n) is 4.11. The van der Waals surface area contributed by atoms with Crippen LogP contribution in [0, 0.1) is 5.92 Å². The molecular weight excluding hydrogens is 154 g/mol. The Hall–Kier alpha value is -0.860. The SMILES string of the molecule is CC(C=O)CC(=O)NC(C)(C)C. The molecule has 0 aliphatic heterocycles. The smallest absolute Gasteiger partial charge is 0.221 e. The Morgan fingerprint density at radius 2 is 2.00 bits per heavy atom. The number of hydrogen-bond donors (Lipinski definition) is 1. The predicted molar refractivity (Wildman–Crippen MR) is 47.7 cm³/mol. The van der Waals surface area contributed by atoms with E-state index in [9.17, 15) is 9.59 Å². The molecule has 12 heavy (non-hydrogen) atoms. The van der Waals surface area contributed by atoms with Crippen molar-refractivity contribution in [1.82, 2.24) is 5.32 Å². The van der Waals surface area contributed by atoms with Crippen molar-refractivity contribution in [3.05, 3.63) is 0 Å². The zero-order valence-electron chi connectivity index (χ0n) is 8.18. The van der Waals surface area contributed by atoms with Gasteiger partial charge in [0.2, 0.25) is 5.91 Å². The molecule has 0 fully saturated rings. The number of carbonyl (C=O) groups excluding carboxylic acids is 2. The lowest BCUT2D eigenvalue weighted by molar-refractivity contribution is -0.125. The number of hydrogen-bond acceptors (Lipinski definition) is 2. The number of aldehydes is 1. The lowest BCUT2D eigenvalue weighted by Gasteiger charge is -2.20. The highest BCUT2D eigenvalue weighted by atomic mass is 16.2. The van der Waals surface area contributed by atoms with Gasteiger partial charge >= 0.3 is 0 Å². The van der Waals surface area contributed by atoms with Crippen LogP contribution < -0.4 is 5.32 Å². The van der Waals surface area contributed by atoms with Crippen LogP contribution in [-0.4, -0.2) is 17.7 Å². The molecule has 0 saturated carbocycles. The van der Waals surface area contributed by atoms with E-state index in [1.807, 2.05) is 20.8 Å². The average molecular weight is 171 g/mol. The van der Waals surface area contributed by atoms with Gasteiger partial charge in [0.15, 0.2) is 0 Å². The zero-order valence-corrected chi connectivity index (χ0v) is 8.18. The Morgan fingerprint density at radius 1 is 1.50 bits per heavy atom. The molecule has 0 aromatic rings. The molecule has 0 radical (unpaired) electrons. The first-order valence-corrected chi connectivity index (χ1v) is 4.11. The second kappa shape index (κ2) is 4.24. The minimum atomic E-state index is -0.209. The summed E-state index contributed by atoms with van der Waals surface area (Å²) < 4.78 is 0. The maximum Gasteiger partial charge on any atom is 0.221 e. The molecule has 0 aromatic heterocycles. The largest absolute Gasteiger partial charge is 0.351 e. The van der Waals surface area contributed by atoms with Crippen LogP contribution in [-0.2, 0) is 9.59 Å². The normalized spacial score (nSPS) is 13.7. The summed E-state index contributed by atoms with van der Waals surface area (Å²) in [4.78, 5) is 21.4. The van der Waals surface area contributed by atoms with Crippen LogP contribution in [0.4, 0.5) is 0 Å². The van der Waals surface area contributed by atoms with E-state index in [0.29, 0.717) is 0 Å². The van der Waals surface area contributed by atoms with Crippen molar-refractivity contribution in [1.29, 1.82) is 0 Å². The molecule has 0 heterocycles. The topological polar surface area (TPSA) is 46.2 Å². The fourth-order valence-corrected chi connectivity index (χ4v) is 0.810. The highest BCUT2D eigenvalue weighted by Gasteiger charge is 2.15. The standard InChI is InChI=1S/C9H17NO2/c1-7(6-11)5-8(12)10-9(2,3)4/h6-7H,5H2,1-4H3,(H,10,12). The molecular formula is C9H17NO2. The van der Waals surface area contributed by atoms with Crippen LogP contribution >= 0.6 is 0 Å². The quantitative estimate of drug-likeness (QED) is 0.647. The first-order chi connectivity index (χ1) is 5.35. The van der Waals surface area contributed by atoms with Gasteiger partial charge in [0.1, 0.15) is 6.29 Å². The molecule has 1 N–H and O–H groups in total. The lowest BCUT2D eigenvalue weighted by Crippen LogP contribution is -2.41. The molecule has 1 unspecified atom stereocenters. The Kier molecular flexibility index (Phi) is 3.93. The van der Waals surface area contributed by atoms with Crippen molar-refractivity contribution in [2.75, 3.05) is 0 Å². The van der Waals surface area contributed by atoms with Gasteiger partial charge in [0.05, 0.1) is 0 Å². The van der Waals surface area contributed by atoms with Crippen LogP contribution in [0.2, 0.25) is 0 Å². The molecule has 0 bridgehead atoms. The molecule has 0 aliphatic carbocycles. The van der Waals surface area contributed by atoms with E-state index in [1.165, 1.54) is 0 Å². The Bertz CT molecular complexity index is 170. The predicted octanol–water partition coefficient (Wildman–Crippen LogP) is 1.13. The number of nitrogens with one attached hydrogen (secondary N) is 1. The van der Waals surface area contributed by atoms with Gasteiger partial charge in [-0.15, -0.1) is 0 Å².